The summed E-state index contributed by atoms with van der Waals surface area (Å²) in [7, 11) is 0. The summed E-state index contributed by atoms with van der Waals surface area (Å²) in [5, 5.41) is 8.49. The Labute approximate surface area is 180 Å². The summed E-state index contributed by atoms with van der Waals surface area (Å²) in [4.78, 5) is 11.7. The molecule has 1 fully saturated rings. The van der Waals surface area contributed by atoms with Crippen LogP contribution >= 0.6 is 0 Å². The maximum Gasteiger partial charge on any atom is 0.416 e. The van der Waals surface area contributed by atoms with Crippen molar-refractivity contribution in [1.29, 1.82) is 0 Å². The number of benzene rings is 1. The summed E-state index contributed by atoms with van der Waals surface area (Å²) < 4.78 is 39.1. The number of nitrogens with zero attached hydrogens (tertiary/aromatic N) is 3. The molecule has 0 amide bonds. The molecule has 5 nitrogen and oxygen atoms in total. The molecule has 3 aliphatic rings. The number of alkyl halides is 3. The lowest BCUT2D eigenvalue weighted by Gasteiger charge is -2.32. The van der Waals surface area contributed by atoms with Crippen LogP contribution in [0.25, 0.3) is 12.3 Å². The first-order chi connectivity index (χ1) is 14.9. The highest BCUT2D eigenvalue weighted by Gasteiger charge is 2.30. The molecular formula is C23H28F3N5. The van der Waals surface area contributed by atoms with Crippen LogP contribution in [0.1, 0.15) is 42.6 Å². The van der Waals surface area contributed by atoms with Gasteiger partial charge in [0.05, 0.1) is 16.1 Å². The molecule has 1 aromatic heterocycles. The number of anilines is 1. The highest BCUT2D eigenvalue weighted by atomic mass is 19.4. The first-order valence-electron chi connectivity index (χ1n) is 10.8. The van der Waals surface area contributed by atoms with Crippen molar-refractivity contribution in [3.05, 3.63) is 51.8 Å². The predicted molar refractivity (Wildman–Crippen MR) is 116 cm³/mol. The molecule has 0 unspecified atom stereocenters. The van der Waals surface area contributed by atoms with Crippen LogP contribution in [0.2, 0.25) is 0 Å². The van der Waals surface area contributed by atoms with Gasteiger partial charge in [-0.2, -0.15) is 13.2 Å². The number of nitrogens with one attached hydrogen (secondary N) is 2. The van der Waals surface area contributed by atoms with Gasteiger partial charge in [-0.3, -0.25) is 0 Å². The summed E-state index contributed by atoms with van der Waals surface area (Å²) in [6.45, 7) is 5.37. The first-order valence-corrected chi connectivity index (χ1v) is 10.8. The third-order valence-electron chi connectivity index (χ3n) is 5.87. The number of hydrogen-bond acceptors (Lipinski definition) is 5. The van der Waals surface area contributed by atoms with Gasteiger partial charge >= 0.3 is 6.18 Å². The van der Waals surface area contributed by atoms with Crippen LogP contribution in [0.3, 0.4) is 0 Å². The number of aryl methyl sites for hydroxylation is 1. The first kappa shape index (κ1) is 21.6. The van der Waals surface area contributed by atoms with Gasteiger partial charge in [0.25, 0.3) is 0 Å². The van der Waals surface area contributed by atoms with Gasteiger partial charge in [-0.15, -0.1) is 0 Å². The summed E-state index contributed by atoms with van der Waals surface area (Å²) >= 11 is 0. The van der Waals surface area contributed by atoms with Crippen molar-refractivity contribution in [1.82, 2.24) is 20.2 Å². The molecule has 2 N–H and O–H groups in total. The van der Waals surface area contributed by atoms with E-state index in [2.05, 4.69) is 31.6 Å². The summed E-state index contributed by atoms with van der Waals surface area (Å²) in [5.74, 6) is 1.27. The SMILES string of the molecule is Cc1nc(NCc2cccc(C(F)(F)F)c2)c2/c(n1)=C\CCCN1CCC(CC1)N/C=2. The van der Waals surface area contributed by atoms with Crippen LogP contribution in [-0.4, -0.2) is 40.5 Å². The lowest BCUT2D eigenvalue weighted by molar-refractivity contribution is -0.137. The lowest BCUT2D eigenvalue weighted by Crippen LogP contribution is -2.43. The van der Waals surface area contributed by atoms with Gasteiger partial charge in [0.15, 0.2) is 0 Å². The van der Waals surface area contributed by atoms with Crippen LogP contribution in [0.4, 0.5) is 19.0 Å². The fourth-order valence-electron chi connectivity index (χ4n) is 4.16. The smallest absolute Gasteiger partial charge is 0.387 e. The Balaban J connectivity index is 1.64. The van der Waals surface area contributed by atoms with Crippen LogP contribution in [0, 0.1) is 6.92 Å². The number of hydrogen-bond donors (Lipinski definition) is 2. The molecule has 1 aromatic carbocycles. The van der Waals surface area contributed by atoms with Crippen molar-refractivity contribution in [2.24, 2.45) is 0 Å². The maximum atomic E-state index is 13.0. The van der Waals surface area contributed by atoms with Crippen molar-refractivity contribution in [2.75, 3.05) is 25.0 Å². The molecule has 0 aliphatic carbocycles. The van der Waals surface area contributed by atoms with Crippen molar-refractivity contribution in [3.63, 3.8) is 0 Å². The highest BCUT2D eigenvalue weighted by Crippen LogP contribution is 2.29. The number of fused-ring (bicyclic) bond motifs is 6. The third kappa shape index (κ3) is 5.55. The van der Waals surface area contributed by atoms with E-state index in [4.69, 9.17) is 0 Å². The zero-order valence-corrected chi connectivity index (χ0v) is 17.7. The molecule has 8 heteroatoms. The molecule has 0 atom stereocenters. The Morgan fingerprint density at radius 3 is 2.74 bits per heavy atom. The normalized spacial score (nSPS) is 23.7. The molecule has 2 aromatic rings. The topological polar surface area (TPSA) is 53.1 Å². The van der Waals surface area contributed by atoms with Gasteiger partial charge < -0.3 is 15.5 Å². The van der Waals surface area contributed by atoms with Gasteiger partial charge in [0.1, 0.15) is 11.6 Å². The van der Waals surface area contributed by atoms with E-state index in [-0.39, 0.29) is 6.54 Å². The Hall–Kier alpha value is -2.61. The Bertz CT molecular complexity index is 1030. The minimum atomic E-state index is -4.35. The molecule has 2 bridgehead atoms. The van der Waals surface area contributed by atoms with E-state index >= 15 is 0 Å². The van der Waals surface area contributed by atoms with E-state index in [1.165, 1.54) is 12.1 Å². The van der Waals surface area contributed by atoms with Crippen LogP contribution in [-0.2, 0) is 12.7 Å². The standard InChI is InChI=1S/C23H28F3N5/c1-16-29-21-7-2-3-10-31-11-8-19(9-12-31)27-15-20(21)22(30-16)28-14-17-5-4-6-18(13-17)23(24,25)26/h4-7,13,15,19,27H,2-3,8-12,14H2,1H3,(H,28,29,30)/b20-15-,21-7+. The second-order valence-electron chi connectivity index (χ2n) is 8.24. The zero-order chi connectivity index (χ0) is 21.8. The van der Waals surface area contributed by atoms with Gasteiger partial charge in [0.2, 0.25) is 0 Å². The van der Waals surface area contributed by atoms with Gasteiger partial charge in [-0.25, -0.2) is 9.97 Å². The molecule has 4 heterocycles. The monoisotopic (exact) mass is 431 g/mol. The third-order valence-corrected chi connectivity index (χ3v) is 5.87. The van der Waals surface area contributed by atoms with Crippen molar-refractivity contribution < 1.29 is 13.2 Å². The molecular weight excluding hydrogens is 403 g/mol. The van der Waals surface area contributed by atoms with Crippen LogP contribution in [0.15, 0.2) is 24.3 Å². The minimum Gasteiger partial charge on any atom is -0.387 e. The van der Waals surface area contributed by atoms with Crippen molar-refractivity contribution >= 4 is 18.1 Å². The molecule has 0 spiro atoms. The number of rotatable bonds is 3. The van der Waals surface area contributed by atoms with Crippen LogP contribution < -0.4 is 21.2 Å². The molecule has 166 valence electrons. The molecule has 0 saturated carbocycles. The summed E-state index contributed by atoms with van der Waals surface area (Å²) in [6, 6.07) is 5.79. The number of aromatic nitrogens is 2. The minimum absolute atomic E-state index is 0.249. The average molecular weight is 432 g/mol. The van der Waals surface area contributed by atoms with Gasteiger partial charge in [0, 0.05) is 31.9 Å². The Kier molecular flexibility index (Phi) is 6.46. The van der Waals surface area contributed by atoms with E-state index in [1.807, 2.05) is 13.1 Å². The fourth-order valence-corrected chi connectivity index (χ4v) is 4.16. The van der Waals surface area contributed by atoms with E-state index < -0.39 is 11.7 Å². The van der Waals surface area contributed by atoms with Gasteiger partial charge in [-0.1, -0.05) is 18.2 Å². The Morgan fingerprint density at radius 2 is 1.97 bits per heavy atom. The maximum absolute atomic E-state index is 13.0. The highest BCUT2D eigenvalue weighted by molar-refractivity contribution is 5.45. The quantitative estimate of drug-likeness (QED) is 0.783. The largest absolute Gasteiger partial charge is 0.416 e. The molecule has 31 heavy (non-hydrogen) atoms. The Morgan fingerprint density at radius 1 is 1.16 bits per heavy atom. The number of halogens is 3. The van der Waals surface area contributed by atoms with E-state index in [0.29, 0.717) is 23.2 Å². The van der Waals surface area contributed by atoms with E-state index in [1.54, 1.807) is 6.07 Å². The summed E-state index contributed by atoms with van der Waals surface area (Å²) in [5.41, 5.74) is -0.0914. The number of piperidine rings is 1. The molecule has 0 radical (unpaired) electrons. The van der Waals surface area contributed by atoms with Crippen molar-refractivity contribution in [3.8, 4) is 0 Å². The molecule has 3 aliphatic heterocycles. The van der Waals surface area contributed by atoms with Gasteiger partial charge in [-0.05, 0) is 56.8 Å². The predicted octanol–water partition coefficient (Wildman–Crippen LogP) is 2.78. The van der Waals surface area contributed by atoms with E-state index in [0.717, 1.165) is 62.0 Å². The lowest BCUT2D eigenvalue weighted by atomic mass is 10.0. The van der Waals surface area contributed by atoms with Crippen LogP contribution in [0.5, 0.6) is 0 Å². The molecule has 5 rings (SSSR count). The summed E-state index contributed by atoms with van der Waals surface area (Å²) in [6.07, 6.45) is 3.94. The second-order valence-corrected chi connectivity index (χ2v) is 8.24. The average Bonchev–Trinajstić information content (AvgIpc) is 2.73. The fraction of sp³-hybridized carbons (Fsp3) is 0.478. The zero-order valence-electron chi connectivity index (χ0n) is 17.7. The van der Waals surface area contributed by atoms with Crippen molar-refractivity contribution in [2.45, 2.75) is 51.4 Å². The van der Waals surface area contributed by atoms with E-state index in [9.17, 15) is 13.2 Å². The second kappa shape index (κ2) is 9.26. The molecule has 1 saturated heterocycles.